The van der Waals surface area contributed by atoms with Crippen molar-refractivity contribution in [1.82, 2.24) is 0 Å². The van der Waals surface area contributed by atoms with Gasteiger partial charge in [0.15, 0.2) is 6.61 Å². The molecular formula is C12H13NO5. The molecule has 0 atom stereocenters. The van der Waals surface area contributed by atoms with Crippen molar-refractivity contribution in [3.8, 4) is 5.75 Å². The fraction of sp³-hybridized carbons (Fsp3) is 0.333. The molecule has 0 aromatic heterocycles. The number of hydrogen-bond donors (Lipinski definition) is 1. The molecule has 1 heterocycles. The lowest BCUT2D eigenvalue weighted by Gasteiger charge is -2.26. The van der Waals surface area contributed by atoms with Gasteiger partial charge < -0.3 is 14.6 Å². The molecule has 1 aromatic carbocycles. The van der Waals surface area contributed by atoms with E-state index in [4.69, 9.17) is 14.6 Å². The highest BCUT2D eigenvalue weighted by atomic mass is 16.6. The van der Waals surface area contributed by atoms with Crippen LogP contribution in [0.4, 0.5) is 10.5 Å². The van der Waals surface area contributed by atoms with Gasteiger partial charge in [-0.1, -0.05) is 6.07 Å². The lowest BCUT2D eigenvalue weighted by molar-refractivity contribution is -0.139. The minimum atomic E-state index is -1.04. The van der Waals surface area contributed by atoms with E-state index in [1.165, 1.54) is 4.90 Å². The van der Waals surface area contributed by atoms with E-state index in [1.807, 2.05) is 0 Å². The van der Waals surface area contributed by atoms with Gasteiger partial charge in [0.2, 0.25) is 0 Å². The molecule has 96 valence electrons. The van der Waals surface area contributed by atoms with Crippen LogP contribution in [-0.4, -0.2) is 36.9 Å². The summed E-state index contributed by atoms with van der Waals surface area (Å²) in [5.74, 6) is -0.633. The van der Waals surface area contributed by atoms with E-state index in [1.54, 1.807) is 24.3 Å². The Kier molecular flexibility index (Phi) is 3.66. The fourth-order valence-electron chi connectivity index (χ4n) is 1.67. The number of carboxylic acids is 1. The number of amides is 1. The Balaban J connectivity index is 2.10. The summed E-state index contributed by atoms with van der Waals surface area (Å²) in [4.78, 5) is 23.4. The number of carbonyl (C=O) groups is 2. The van der Waals surface area contributed by atoms with Crippen molar-refractivity contribution in [2.24, 2.45) is 0 Å². The maximum absolute atomic E-state index is 11.5. The number of rotatable bonds is 4. The van der Waals surface area contributed by atoms with E-state index < -0.39 is 18.7 Å². The Morgan fingerprint density at radius 1 is 1.50 bits per heavy atom. The first kappa shape index (κ1) is 12.2. The minimum Gasteiger partial charge on any atom is -0.482 e. The highest BCUT2D eigenvalue weighted by Gasteiger charge is 2.21. The van der Waals surface area contributed by atoms with E-state index in [0.29, 0.717) is 24.6 Å². The predicted molar refractivity (Wildman–Crippen MR) is 62.9 cm³/mol. The maximum Gasteiger partial charge on any atom is 0.414 e. The zero-order valence-corrected chi connectivity index (χ0v) is 9.67. The topological polar surface area (TPSA) is 76.1 Å². The van der Waals surface area contributed by atoms with E-state index in [9.17, 15) is 9.59 Å². The van der Waals surface area contributed by atoms with Gasteiger partial charge in [0.25, 0.3) is 0 Å². The normalized spacial score (nSPS) is 15.1. The van der Waals surface area contributed by atoms with Crippen molar-refractivity contribution in [3.05, 3.63) is 24.3 Å². The van der Waals surface area contributed by atoms with Crippen molar-refractivity contribution in [2.75, 3.05) is 24.7 Å². The number of anilines is 1. The third-order valence-corrected chi connectivity index (χ3v) is 2.46. The molecule has 6 nitrogen and oxygen atoms in total. The fourth-order valence-corrected chi connectivity index (χ4v) is 1.67. The number of carbonyl (C=O) groups excluding carboxylic acids is 1. The molecule has 1 amide bonds. The van der Waals surface area contributed by atoms with Crippen molar-refractivity contribution in [3.63, 3.8) is 0 Å². The summed E-state index contributed by atoms with van der Waals surface area (Å²) in [5, 5.41) is 8.53. The van der Waals surface area contributed by atoms with Crippen LogP contribution in [0.1, 0.15) is 6.42 Å². The molecule has 0 bridgehead atoms. The van der Waals surface area contributed by atoms with E-state index in [-0.39, 0.29) is 0 Å². The Labute approximate surface area is 104 Å². The Morgan fingerprint density at radius 2 is 2.33 bits per heavy atom. The number of ether oxygens (including phenoxy) is 2. The second-order valence-corrected chi connectivity index (χ2v) is 3.80. The highest BCUT2D eigenvalue weighted by molar-refractivity contribution is 5.88. The van der Waals surface area contributed by atoms with Crippen LogP contribution in [0.5, 0.6) is 5.75 Å². The summed E-state index contributed by atoms with van der Waals surface area (Å²) in [7, 11) is 0. The molecule has 1 aliphatic rings. The number of nitrogens with zero attached hydrogens (tertiary/aromatic N) is 1. The van der Waals surface area contributed by atoms with Crippen LogP contribution in [0.25, 0.3) is 0 Å². The summed E-state index contributed by atoms with van der Waals surface area (Å²) in [6.45, 7) is 0.611. The molecular weight excluding hydrogens is 238 g/mol. The van der Waals surface area contributed by atoms with Crippen molar-refractivity contribution < 1.29 is 24.2 Å². The van der Waals surface area contributed by atoms with Gasteiger partial charge in [-0.3, -0.25) is 4.90 Å². The highest BCUT2D eigenvalue weighted by Crippen LogP contribution is 2.23. The number of cyclic esters (lactones) is 1. The van der Waals surface area contributed by atoms with E-state index in [2.05, 4.69) is 0 Å². The first-order valence-corrected chi connectivity index (χ1v) is 5.56. The van der Waals surface area contributed by atoms with Crippen molar-refractivity contribution in [2.45, 2.75) is 6.42 Å². The molecule has 18 heavy (non-hydrogen) atoms. The first-order valence-electron chi connectivity index (χ1n) is 5.56. The molecule has 1 aliphatic heterocycles. The van der Waals surface area contributed by atoms with Crippen molar-refractivity contribution >= 4 is 17.7 Å². The summed E-state index contributed by atoms with van der Waals surface area (Å²) >= 11 is 0. The molecule has 0 unspecified atom stereocenters. The third-order valence-electron chi connectivity index (χ3n) is 2.46. The van der Waals surface area contributed by atoms with Gasteiger partial charge in [0.05, 0.1) is 12.3 Å². The molecule has 0 aliphatic carbocycles. The predicted octanol–water partition coefficient (Wildman–Crippen LogP) is 1.50. The Hall–Kier alpha value is -2.24. The van der Waals surface area contributed by atoms with Crippen LogP contribution in [0.2, 0.25) is 0 Å². The lowest BCUT2D eigenvalue weighted by atomic mass is 10.2. The monoisotopic (exact) mass is 251 g/mol. The van der Waals surface area contributed by atoms with Crippen LogP contribution >= 0.6 is 0 Å². The molecule has 6 heteroatoms. The van der Waals surface area contributed by atoms with E-state index in [0.717, 1.165) is 6.42 Å². The van der Waals surface area contributed by atoms with Gasteiger partial charge in [-0.25, -0.2) is 9.59 Å². The van der Waals surface area contributed by atoms with Gasteiger partial charge in [-0.15, -0.1) is 0 Å². The average molecular weight is 251 g/mol. The summed E-state index contributed by atoms with van der Waals surface area (Å²) in [5.41, 5.74) is 0.641. The largest absolute Gasteiger partial charge is 0.482 e. The van der Waals surface area contributed by atoms with Gasteiger partial charge in [0, 0.05) is 12.6 Å². The summed E-state index contributed by atoms with van der Waals surface area (Å²) < 4.78 is 9.99. The van der Waals surface area contributed by atoms with E-state index >= 15 is 0 Å². The third kappa shape index (κ3) is 2.91. The van der Waals surface area contributed by atoms with Crippen molar-refractivity contribution in [1.29, 1.82) is 0 Å². The van der Waals surface area contributed by atoms with Crippen LogP contribution < -0.4 is 9.64 Å². The molecule has 1 aromatic rings. The first-order chi connectivity index (χ1) is 8.66. The Bertz CT molecular complexity index is 460. The Morgan fingerprint density at radius 3 is 3.06 bits per heavy atom. The second kappa shape index (κ2) is 5.39. The quantitative estimate of drug-likeness (QED) is 0.877. The van der Waals surface area contributed by atoms with Crippen LogP contribution in [0, 0.1) is 0 Å². The zero-order chi connectivity index (χ0) is 13.0. The molecule has 0 saturated carbocycles. The van der Waals surface area contributed by atoms with Gasteiger partial charge in [-0.05, 0) is 18.6 Å². The summed E-state index contributed by atoms with van der Waals surface area (Å²) in [6, 6.07) is 6.71. The number of carboxylic acid groups (broad SMARTS) is 1. The number of hydrogen-bond acceptors (Lipinski definition) is 4. The SMILES string of the molecule is O=C(O)COc1cccc(N2CCCOC2=O)c1. The summed E-state index contributed by atoms with van der Waals surface area (Å²) in [6.07, 6.45) is 0.378. The lowest BCUT2D eigenvalue weighted by Crippen LogP contribution is -2.37. The van der Waals surface area contributed by atoms with Gasteiger partial charge in [-0.2, -0.15) is 0 Å². The minimum absolute atomic E-state index is 0.392. The molecule has 1 saturated heterocycles. The molecule has 1 N–H and O–H groups in total. The zero-order valence-electron chi connectivity index (χ0n) is 9.67. The smallest absolute Gasteiger partial charge is 0.414 e. The maximum atomic E-state index is 11.5. The molecule has 0 spiro atoms. The average Bonchev–Trinajstić information content (AvgIpc) is 2.37. The number of aliphatic carboxylic acids is 1. The van der Waals surface area contributed by atoms with Gasteiger partial charge in [0.1, 0.15) is 5.75 Å². The molecule has 1 fully saturated rings. The number of benzene rings is 1. The van der Waals surface area contributed by atoms with Crippen LogP contribution in [-0.2, 0) is 9.53 Å². The second-order valence-electron chi connectivity index (χ2n) is 3.80. The van der Waals surface area contributed by atoms with Crippen LogP contribution in [0.3, 0.4) is 0 Å². The molecule has 2 rings (SSSR count). The van der Waals surface area contributed by atoms with Crippen LogP contribution in [0.15, 0.2) is 24.3 Å². The molecule has 0 radical (unpaired) electrons. The van der Waals surface area contributed by atoms with Gasteiger partial charge >= 0.3 is 12.1 Å². The standard InChI is InChI=1S/C12H13NO5/c14-11(15)8-18-10-4-1-3-9(7-10)13-5-2-6-17-12(13)16/h1,3-4,7H,2,5-6,8H2,(H,14,15).